The molecule has 1 fully saturated rings. The monoisotopic (exact) mass is 331 g/mol. The molecule has 130 valence electrons. The largest absolute Gasteiger partial charge is 0.467 e. The van der Waals surface area contributed by atoms with E-state index in [-0.39, 0.29) is 11.9 Å². The van der Waals surface area contributed by atoms with Crippen LogP contribution in [0.5, 0.6) is 0 Å². The summed E-state index contributed by atoms with van der Waals surface area (Å²) >= 11 is 0. The third kappa shape index (κ3) is 3.24. The summed E-state index contributed by atoms with van der Waals surface area (Å²) in [6.45, 7) is 4.88. The van der Waals surface area contributed by atoms with E-state index in [1.807, 2.05) is 18.0 Å². The van der Waals surface area contributed by atoms with E-state index in [1.54, 1.807) is 23.1 Å². The summed E-state index contributed by atoms with van der Waals surface area (Å²) in [6.07, 6.45) is 3.20. The molecule has 0 aromatic carbocycles. The number of carbonyl (C=O) groups is 1. The maximum Gasteiger partial charge on any atom is 0.274 e. The molecule has 2 unspecified atom stereocenters. The van der Waals surface area contributed by atoms with Gasteiger partial charge in [0.05, 0.1) is 6.26 Å². The molecule has 0 radical (unpaired) electrons. The average Bonchev–Trinajstić information content (AvgIpc) is 3.26. The molecule has 2 aromatic heterocycles. The number of aromatic nitrogens is 2. The standard InChI is InChI=1S/C18H25N3O3/c1-12(2)15-11-14(19-20(15)3)18(23)21-8-4-6-13(21)10-16(22)17-7-5-9-24-17/h5,7,9,11-13,16,22H,4,6,8,10H2,1-3H3. The van der Waals surface area contributed by atoms with Gasteiger partial charge in [-0.15, -0.1) is 0 Å². The van der Waals surface area contributed by atoms with Crippen LogP contribution in [0, 0.1) is 0 Å². The lowest BCUT2D eigenvalue weighted by Gasteiger charge is -2.25. The number of rotatable bonds is 5. The van der Waals surface area contributed by atoms with E-state index >= 15 is 0 Å². The normalized spacial score (nSPS) is 19.2. The molecule has 2 aromatic rings. The van der Waals surface area contributed by atoms with Gasteiger partial charge in [-0.25, -0.2) is 0 Å². The van der Waals surface area contributed by atoms with Gasteiger partial charge in [-0.1, -0.05) is 13.8 Å². The SMILES string of the molecule is CC(C)c1cc(C(=O)N2CCCC2CC(O)c2ccco2)nn1C. The van der Waals surface area contributed by atoms with Crippen molar-refractivity contribution in [3.05, 3.63) is 41.6 Å². The first kappa shape index (κ1) is 16.8. The van der Waals surface area contributed by atoms with Crippen LogP contribution in [0.1, 0.15) is 67.1 Å². The van der Waals surface area contributed by atoms with E-state index in [0.717, 1.165) is 18.5 Å². The number of hydrogen-bond acceptors (Lipinski definition) is 4. The molecule has 0 bridgehead atoms. The summed E-state index contributed by atoms with van der Waals surface area (Å²) in [7, 11) is 1.87. The number of aliphatic hydroxyl groups is 1. The zero-order valence-electron chi connectivity index (χ0n) is 14.5. The second-order valence-electron chi connectivity index (χ2n) is 6.79. The van der Waals surface area contributed by atoms with Crippen molar-refractivity contribution in [2.75, 3.05) is 6.54 Å². The average molecular weight is 331 g/mol. The van der Waals surface area contributed by atoms with E-state index in [1.165, 1.54) is 0 Å². The number of likely N-dealkylation sites (tertiary alicyclic amines) is 1. The third-order valence-electron chi connectivity index (χ3n) is 4.73. The van der Waals surface area contributed by atoms with E-state index in [4.69, 9.17) is 4.42 Å². The molecule has 24 heavy (non-hydrogen) atoms. The highest BCUT2D eigenvalue weighted by molar-refractivity contribution is 5.92. The summed E-state index contributed by atoms with van der Waals surface area (Å²) in [5, 5.41) is 14.7. The Morgan fingerprint density at radius 3 is 2.92 bits per heavy atom. The maximum absolute atomic E-state index is 12.9. The lowest BCUT2D eigenvalue weighted by Crippen LogP contribution is -2.36. The Morgan fingerprint density at radius 1 is 1.50 bits per heavy atom. The van der Waals surface area contributed by atoms with Crippen LogP contribution in [0.3, 0.4) is 0 Å². The Labute approximate surface area is 142 Å². The molecule has 1 saturated heterocycles. The fourth-order valence-electron chi connectivity index (χ4n) is 3.48. The highest BCUT2D eigenvalue weighted by Crippen LogP contribution is 2.29. The van der Waals surface area contributed by atoms with Crippen LogP contribution in [-0.4, -0.2) is 38.3 Å². The summed E-state index contributed by atoms with van der Waals surface area (Å²) in [6, 6.07) is 5.42. The Bertz CT molecular complexity index is 690. The van der Waals surface area contributed by atoms with E-state index in [2.05, 4.69) is 18.9 Å². The van der Waals surface area contributed by atoms with Crippen LogP contribution in [0.4, 0.5) is 0 Å². The van der Waals surface area contributed by atoms with Crippen molar-refractivity contribution >= 4 is 5.91 Å². The number of amides is 1. The fourth-order valence-corrected chi connectivity index (χ4v) is 3.48. The molecule has 1 amide bonds. The second-order valence-corrected chi connectivity index (χ2v) is 6.79. The minimum Gasteiger partial charge on any atom is -0.467 e. The Balaban J connectivity index is 1.73. The first-order valence-corrected chi connectivity index (χ1v) is 8.53. The molecule has 0 saturated carbocycles. The van der Waals surface area contributed by atoms with Gasteiger partial charge in [-0.3, -0.25) is 9.48 Å². The molecule has 0 aliphatic carbocycles. The van der Waals surface area contributed by atoms with Crippen molar-refractivity contribution in [2.24, 2.45) is 7.05 Å². The second kappa shape index (κ2) is 6.81. The highest BCUT2D eigenvalue weighted by atomic mass is 16.4. The van der Waals surface area contributed by atoms with Crippen LogP contribution < -0.4 is 0 Å². The van der Waals surface area contributed by atoms with E-state index < -0.39 is 6.10 Å². The van der Waals surface area contributed by atoms with Gasteiger partial charge in [0.25, 0.3) is 5.91 Å². The molecule has 0 spiro atoms. The van der Waals surface area contributed by atoms with Crippen molar-refractivity contribution in [1.29, 1.82) is 0 Å². The quantitative estimate of drug-likeness (QED) is 0.914. The van der Waals surface area contributed by atoms with Crippen LogP contribution in [0.2, 0.25) is 0 Å². The molecule has 6 heteroatoms. The number of carbonyl (C=O) groups excluding carboxylic acids is 1. The van der Waals surface area contributed by atoms with Crippen LogP contribution in [0.15, 0.2) is 28.9 Å². The minimum absolute atomic E-state index is 0.0158. The summed E-state index contributed by atoms with van der Waals surface area (Å²) < 4.78 is 7.04. The van der Waals surface area contributed by atoms with Gasteiger partial charge in [0.2, 0.25) is 0 Å². The van der Waals surface area contributed by atoms with Crippen molar-refractivity contribution < 1.29 is 14.3 Å². The predicted octanol–water partition coefficient (Wildman–Crippen LogP) is 2.86. The summed E-state index contributed by atoms with van der Waals surface area (Å²) in [4.78, 5) is 14.7. The Morgan fingerprint density at radius 2 is 2.29 bits per heavy atom. The fraction of sp³-hybridized carbons (Fsp3) is 0.556. The number of nitrogens with zero attached hydrogens (tertiary/aromatic N) is 3. The Hall–Kier alpha value is -2.08. The van der Waals surface area contributed by atoms with Crippen LogP contribution in [0.25, 0.3) is 0 Å². The van der Waals surface area contributed by atoms with Gasteiger partial charge in [-0.05, 0) is 37.0 Å². The van der Waals surface area contributed by atoms with Gasteiger partial charge >= 0.3 is 0 Å². The topological polar surface area (TPSA) is 71.5 Å². The van der Waals surface area contributed by atoms with E-state index in [9.17, 15) is 9.90 Å². The molecule has 2 atom stereocenters. The first-order chi connectivity index (χ1) is 11.5. The number of furan rings is 1. The van der Waals surface area contributed by atoms with Gasteiger partial charge in [0.1, 0.15) is 11.9 Å². The first-order valence-electron chi connectivity index (χ1n) is 8.53. The molecule has 1 N–H and O–H groups in total. The number of hydrogen-bond donors (Lipinski definition) is 1. The molecule has 1 aliphatic heterocycles. The van der Waals surface area contributed by atoms with Crippen molar-refractivity contribution in [3.8, 4) is 0 Å². The zero-order valence-corrected chi connectivity index (χ0v) is 14.5. The lowest BCUT2D eigenvalue weighted by molar-refractivity contribution is 0.0635. The maximum atomic E-state index is 12.9. The third-order valence-corrected chi connectivity index (χ3v) is 4.73. The molecular formula is C18H25N3O3. The predicted molar refractivity (Wildman–Crippen MR) is 89.6 cm³/mol. The van der Waals surface area contributed by atoms with Crippen molar-refractivity contribution in [2.45, 2.75) is 51.2 Å². The van der Waals surface area contributed by atoms with Gasteiger partial charge in [0, 0.05) is 31.7 Å². The number of aliphatic hydroxyl groups excluding tert-OH is 1. The highest BCUT2D eigenvalue weighted by Gasteiger charge is 2.33. The molecule has 3 heterocycles. The minimum atomic E-state index is -0.687. The molecule has 1 aliphatic rings. The molecule has 6 nitrogen and oxygen atoms in total. The van der Waals surface area contributed by atoms with Gasteiger partial charge in [-0.2, -0.15) is 5.10 Å². The Kier molecular flexibility index (Phi) is 4.76. The number of aryl methyl sites for hydroxylation is 1. The smallest absolute Gasteiger partial charge is 0.274 e. The zero-order chi connectivity index (χ0) is 17.3. The molecule has 3 rings (SSSR count). The van der Waals surface area contributed by atoms with Gasteiger partial charge < -0.3 is 14.4 Å². The summed E-state index contributed by atoms with van der Waals surface area (Å²) in [5.41, 5.74) is 1.53. The van der Waals surface area contributed by atoms with Crippen molar-refractivity contribution in [3.63, 3.8) is 0 Å². The lowest BCUT2D eigenvalue weighted by atomic mass is 10.0. The van der Waals surface area contributed by atoms with E-state index in [0.29, 0.717) is 30.3 Å². The summed E-state index contributed by atoms with van der Waals surface area (Å²) in [5.74, 6) is 0.820. The van der Waals surface area contributed by atoms with Crippen molar-refractivity contribution in [1.82, 2.24) is 14.7 Å². The van der Waals surface area contributed by atoms with Gasteiger partial charge in [0.15, 0.2) is 5.69 Å². The van der Waals surface area contributed by atoms with Crippen LogP contribution in [-0.2, 0) is 7.05 Å². The molecular weight excluding hydrogens is 306 g/mol. The van der Waals surface area contributed by atoms with Crippen LogP contribution >= 0.6 is 0 Å².